The van der Waals surface area contributed by atoms with Gasteiger partial charge in [-0.2, -0.15) is 0 Å². The number of halogens is 3. The fourth-order valence-corrected chi connectivity index (χ4v) is 2.14. The van der Waals surface area contributed by atoms with Crippen LogP contribution < -0.4 is 10.6 Å². The lowest BCUT2D eigenvalue weighted by molar-refractivity contribution is -0.116. The molecule has 0 saturated heterocycles. The molecule has 110 valence electrons. The molecule has 1 unspecified atom stereocenters. The third-order valence-electron chi connectivity index (χ3n) is 2.80. The summed E-state index contributed by atoms with van der Waals surface area (Å²) in [6.45, 7) is 1.53. The van der Waals surface area contributed by atoms with Gasteiger partial charge < -0.3 is 10.6 Å². The maximum atomic E-state index is 13.7. The molecule has 21 heavy (non-hydrogen) atoms. The van der Waals surface area contributed by atoms with E-state index < -0.39 is 17.7 Å². The summed E-state index contributed by atoms with van der Waals surface area (Å²) in [6.07, 6.45) is 0. The number of rotatable bonds is 4. The monoisotopic (exact) mass is 354 g/mol. The van der Waals surface area contributed by atoms with Crippen LogP contribution in [0.1, 0.15) is 6.92 Å². The average Bonchev–Trinajstić information content (AvgIpc) is 2.43. The number of benzene rings is 2. The summed E-state index contributed by atoms with van der Waals surface area (Å²) in [5, 5.41) is 5.20. The highest BCUT2D eigenvalue weighted by Gasteiger charge is 2.18. The van der Waals surface area contributed by atoms with Gasteiger partial charge in [-0.3, -0.25) is 4.79 Å². The molecule has 2 aromatic carbocycles. The number of amides is 1. The van der Waals surface area contributed by atoms with Crippen molar-refractivity contribution in [2.45, 2.75) is 13.0 Å². The van der Waals surface area contributed by atoms with Crippen LogP contribution in [0.3, 0.4) is 0 Å². The fourth-order valence-electron chi connectivity index (χ4n) is 1.73. The molecule has 0 aromatic heterocycles. The van der Waals surface area contributed by atoms with Gasteiger partial charge in [0, 0.05) is 10.2 Å². The standard InChI is InChI=1S/C15H13BrF2N2O/c1-9(15(21)20-11-5-3-2-4-6-11)19-14-12(17)7-10(16)8-13(14)18/h2-9,19H,1H3,(H,20,21). The topological polar surface area (TPSA) is 41.1 Å². The van der Waals surface area contributed by atoms with Crippen molar-refractivity contribution in [1.82, 2.24) is 0 Å². The molecule has 0 radical (unpaired) electrons. The fraction of sp³-hybridized carbons (Fsp3) is 0.133. The molecule has 2 rings (SSSR count). The van der Waals surface area contributed by atoms with E-state index in [2.05, 4.69) is 26.6 Å². The van der Waals surface area contributed by atoms with Crippen LogP contribution in [-0.4, -0.2) is 11.9 Å². The zero-order chi connectivity index (χ0) is 15.4. The molecule has 1 atom stereocenters. The van der Waals surface area contributed by atoms with E-state index in [4.69, 9.17) is 0 Å². The first-order valence-corrected chi connectivity index (χ1v) is 7.03. The average molecular weight is 355 g/mol. The van der Waals surface area contributed by atoms with Crippen LogP contribution in [0, 0.1) is 11.6 Å². The molecule has 6 heteroatoms. The lowest BCUT2D eigenvalue weighted by Crippen LogP contribution is -2.32. The Kier molecular flexibility index (Phi) is 4.90. The van der Waals surface area contributed by atoms with Crippen molar-refractivity contribution in [1.29, 1.82) is 0 Å². The van der Waals surface area contributed by atoms with E-state index >= 15 is 0 Å². The molecule has 1 amide bonds. The molecule has 0 aliphatic rings. The van der Waals surface area contributed by atoms with Gasteiger partial charge in [-0.05, 0) is 31.2 Å². The van der Waals surface area contributed by atoms with Crippen LogP contribution in [-0.2, 0) is 4.79 Å². The maximum Gasteiger partial charge on any atom is 0.246 e. The number of hydrogen-bond donors (Lipinski definition) is 2. The molecule has 2 N–H and O–H groups in total. The van der Waals surface area contributed by atoms with Gasteiger partial charge in [-0.25, -0.2) is 8.78 Å². The normalized spacial score (nSPS) is 11.8. The Balaban J connectivity index is 2.08. The third-order valence-corrected chi connectivity index (χ3v) is 3.26. The zero-order valence-corrected chi connectivity index (χ0v) is 12.7. The summed E-state index contributed by atoms with van der Waals surface area (Å²) in [6, 6.07) is 10.3. The van der Waals surface area contributed by atoms with Crippen LogP contribution in [0.5, 0.6) is 0 Å². The molecule has 0 aliphatic heterocycles. The molecule has 2 aromatic rings. The summed E-state index contributed by atoms with van der Waals surface area (Å²) in [4.78, 5) is 12.0. The number of hydrogen-bond acceptors (Lipinski definition) is 2. The number of para-hydroxylation sites is 1. The van der Waals surface area contributed by atoms with Gasteiger partial charge in [0.1, 0.15) is 23.4 Å². The van der Waals surface area contributed by atoms with Gasteiger partial charge in [0.05, 0.1) is 0 Å². The molecule has 0 heterocycles. The summed E-state index contributed by atoms with van der Waals surface area (Å²) in [7, 11) is 0. The molecule has 0 fully saturated rings. The van der Waals surface area contributed by atoms with E-state index in [0.29, 0.717) is 10.2 Å². The first-order chi connectivity index (χ1) is 9.97. The van der Waals surface area contributed by atoms with Gasteiger partial charge >= 0.3 is 0 Å². The highest BCUT2D eigenvalue weighted by atomic mass is 79.9. The Labute approximate surface area is 129 Å². The van der Waals surface area contributed by atoms with Gasteiger partial charge in [0.25, 0.3) is 0 Å². The lowest BCUT2D eigenvalue weighted by atomic mass is 10.2. The van der Waals surface area contributed by atoms with Crippen molar-refractivity contribution in [3.05, 3.63) is 58.6 Å². The van der Waals surface area contributed by atoms with Gasteiger partial charge in [-0.15, -0.1) is 0 Å². The van der Waals surface area contributed by atoms with Crippen molar-refractivity contribution in [3.8, 4) is 0 Å². The van der Waals surface area contributed by atoms with Crippen LogP contribution in [0.25, 0.3) is 0 Å². The Morgan fingerprint density at radius 2 is 1.71 bits per heavy atom. The van der Waals surface area contributed by atoms with E-state index in [-0.39, 0.29) is 11.6 Å². The zero-order valence-electron chi connectivity index (χ0n) is 11.2. The predicted molar refractivity (Wildman–Crippen MR) is 82.2 cm³/mol. The van der Waals surface area contributed by atoms with E-state index in [9.17, 15) is 13.6 Å². The first kappa shape index (κ1) is 15.4. The van der Waals surface area contributed by atoms with E-state index in [0.717, 1.165) is 12.1 Å². The maximum absolute atomic E-state index is 13.7. The van der Waals surface area contributed by atoms with Gasteiger partial charge in [0.2, 0.25) is 5.91 Å². The molecular formula is C15H13BrF2N2O. The SMILES string of the molecule is CC(Nc1c(F)cc(Br)cc1F)C(=O)Nc1ccccc1. The molecule has 0 spiro atoms. The van der Waals surface area contributed by atoms with Crippen LogP contribution in [0.4, 0.5) is 20.2 Å². The summed E-state index contributed by atoms with van der Waals surface area (Å²) < 4.78 is 27.7. The molecule has 0 saturated carbocycles. The highest BCUT2D eigenvalue weighted by Crippen LogP contribution is 2.24. The minimum absolute atomic E-state index is 0.296. The number of nitrogens with one attached hydrogen (secondary N) is 2. The Morgan fingerprint density at radius 1 is 1.14 bits per heavy atom. The van der Waals surface area contributed by atoms with Crippen LogP contribution in [0.15, 0.2) is 46.9 Å². The van der Waals surface area contributed by atoms with Crippen molar-refractivity contribution >= 4 is 33.2 Å². The third kappa shape index (κ3) is 4.01. The van der Waals surface area contributed by atoms with E-state index in [1.165, 1.54) is 6.92 Å². The summed E-state index contributed by atoms with van der Waals surface area (Å²) in [5.74, 6) is -1.91. The van der Waals surface area contributed by atoms with E-state index in [1.807, 2.05) is 6.07 Å². The highest BCUT2D eigenvalue weighted by molar-refractivity contribution is 9.10. The molecular weight excluding hydrogens is 342 g/mol. The number of carbonyl (C=O) groups excluding carboxylic acids is 1. The number of carbonyl (C=O) groups is 1. The second-order valence-corrected chi connectivity index (χ2v) is 5.38. The quantitative estimate of drug-likeness (QED) is 0.865. The largest absolute Gasteiger partial charge is 0.369 e. The molecule has 0 bridgehead atoms. The minimum atomic E-state index is -0.796. The Hall–Kier alpha value is -1.95. The molecule has 0 aliphatic carbocycles. The second kappa shape index (κ2) is 6.67. The Bertz CT molecular complexity index is 626. The van der Waals surface area contributed by atoms with E-state index in [1.54, 1.807) is 24.3 Å². The second-order valence-electron chi connectivity index (χ2n) is 4.47. The first-order valence-electron chi connectivity index (χ1n) is 6.24. The smallest absolute Gasteiger partial charge is 0.246 e. The molecule has 3 nitrogen and oxygen atoms in total. The van der Waals surface area contributed by atoms with Gasteiger partial charge in [0.15, 0.2) is 0 Å². The Morgan fingerprint density at radius 3 is 2.29 bits per heavy atom. The van der Waals surface area contributed by atoms with Crippen molar-refractivity contribution in [2.75, 3.05) is 10.6 Å². The predicted octanol–water partition coefficient (Wildman–Crippen LogP) is 4.17. The number of anilines is 2. The minimum Gasteiger partial charge on any atom is -0.369 e. The lowest BCUT2D eigenvalue weighted by Gasteiger charge is -2.16. The van der Waals surface area contributed by atoms with Gasteiger partial charge in [-0.1, -0.05) is 34.1 Å². The summed E-state index contributed by atoms with van der Waals surface area (Å²) >= 11 is 3.00. The van der Waals surface area contributed by atoms with Crippen LogP contribution >= 0.6 is 15.9 Å². The van der Waals surface area contributed by atoms with Crippen LogP contribution in [0.2, 0.25) is 0 Å². The summed E-state index contributed by atoms with van der Waals surface area (Å²) in [5.41, 5.74) is 0.293. The van der Waals surface area contributed by atoms with Crippen molar-refractivity contribution in [3.63, 3.8) is 0 Å². The van der Waals surface area contributed by atoms with Crippen molar-refractivity contribution < 1.29 is 13.6 Å². The van der Waals surface area contributed by atoms with Crippen molar-refractivity contribution in [2.24, 2.45) is 0 Å².